The second-order valence-electron chi connectivity index (χ2n) is 12.2. The van der Waals surface area contributed by atoms with Gasteiger partial charge in [0.2, 0.25) is 0 Å². The van der Waals surface area contributed by atoms with E-state index in [0.29, 0.717) is 0 Å². The maximum atomic E-state index is 2.45. The van der Waals surface area contributed by atoms with Gasteiger partial charge in [-0.25, -0.2) is 0 Å². The quantitative estimate of drug-likeness (QED) is 0.194. The first kappa shape index (κ1) is 27.0. The van der Waals surface area contributed by atoms with Crippen LogP contribution in [0.15, 0.2) is 170 Å². The molecule has 0 saturated carbocycles. The second-order valence-corrected chi connectivity index (χ2v) is 12.2. The highest BCUT2D eigenvalue weighted by Gasteiger charge is 2.38. The molecule has 0 unspecified atom stereocenters. The first-order valence-corrected chi connectivity index (χ1v) is 15.6. The van der Waals surface area contributed by atoms with E-state index in [2.05, 4.69) is 194 Å². The third-order valence-electron chi connectivity index (χ3n) is 9.20. The topological polar surface area (TPSA) is 6.48 Å². The van der Waals surface area contributed by atoms with Crippen LogP contribution in [0, 0.1) is 0 Å². The van der Waals surface area contributed by atoms with Crippen molar-refractivity contribution < 1.29 is 0 Å². The number of hydrogen-bond acceptors (Lipinski definition) is 2. The molecule has 8 rings (SSSR count). The van der Waals surface area contributed by atoms with E-state index in [1.807, 2.05) is 0 Å². The Morgan fingerprint density at radius 3 is 1.33 bits per heavy atom. The molecule has 0 fully saturated rings. The van der Waals surface area contributed by atoms with Crippen LogP contribution in [0.5, 0.6) is 0 Å². The van der Waals surface area contributed by atoms with Gasteiger partial charge >= 0.3 is 0 Å². The van der Waals surface area contributed by atoms with E-state index >= 15 is 0 Å². The van der Waals surface area contributed by atoms with Crippen LogP contribution in [0.25, 0.3) is 21.9 Å². The molecule has 0 radical (unpaired) electrons. The van der Waals surface area contributed by atoms with Gasteiger partial charge in [0, 0.05) is 39.2 Å². The van der Waals surface area contributed by atoms with Crippen molar-refractivity contribution in [2.24, 2.45) is 0 Å². The molecule has 7 aromatic rings. The molecule has 0 atom stereocenters. The van der Waals surface area contributed by atoms with Crippen LogP contribution in [0.3, 0.4) is 0 Å². The average Bonchev–Trinajstić information content (AvgIpc) is 3.32. The van der Waals surface area contributed by atoms with Crippen molar-refractivity contribution in [2.45, 2.75) is 19.3 Å². The Bertz CT molecular complexity index is 2040. The summed E-state index contributed by atoms with van der Waals surface area (Å²) in [7, 11) is 0. The molecule has 1 aliphatic rings. The highest BCUT2D eigenvalue weighted by atomic mass is 15.1. The molecule has 0 amide bonds. The van der Waals surface area contributed by atoms with Crippen LogP contribution >= 0.6 is 0 Å². The van der Waals surface area contributed by atoms with Gasteiger partial charge in [0.25, 0.3) is 0 Å². The van der Waals surface area contributed by atoms with Crippen LogP contribution in [0.2, 0.25) is 0 Å². The molecule has 0 spiro atoms. The fraction of sp³-hybridized carbons (Fsp3) is 0.0698. The van der Waals surface area contributed by atoms with E-state index in [4.69, 9.17) is 0 Å². The Labute approximate surface area is 265 Å². The smallest absolute Gasteiger partial charge is 0.0543 e. The van der Waals surface area contributed by atoms with Crippen LogP contribution < -0.4 is 9.80 Å². The lowest BCUT2D eigenvalue weighted by Gasteiger charge is -2.30. The van der Waals surface area contributed by atoms with Gasteiger partial charge in [-0.3, -0.25) is 0 Å². The van der Waals surface area contributed by atoms with Gasteiger partial charge in [0.1, 0.15) is 0 Å². The summed E-state index contributed by atoms with van der Waals surface area (Å²) in [5, 5.41) is 2.52. The molecule has 0 saturated heterocycles. The van der Waals surface area contributed by atoms with Crippen molar-refractivity contribution in [3.05, 3.63) is 181 Å². The minimum atomic E-state index is -0.211. The molecule has 2 nitrogen and oxygen atoms in total. The number of hydrogen-bond donors (Lipinski definition) is 0. The third-order valence-corrected chi connectivity index (χ3v) is 9.20. The number of fused-ring (bicyclic) bond motifs is 5. The van der Waals surface area contributed by atoms with Crippen LogP contribution in [0.4, 0.5) is 34.1 Å². The fourth-order valence-electron chi connectivity index (χ4n) is 7.06. The molecular weight excluding hydrogens is 544 g/mol. The maximum Gasteiger partial charge on any atom is 0.0543 e. The lowest BCUT2D eigenvalue weighted by atomic mass is 9.81. The highest BCUT2D eigenvalue weighted by Crippen LogP contribution is 2.55. The van der Waals surface area contributed by atoms with Gasteiger partial charge < -0.3 is 9.80 Å². The summed E-state index contributed by atoms with van der Waals surface area (Å²) in [6, 6.07) is 61.1. The van der Waals surface area contributed by atoms with E-state index in [-0.39, 0.29) is 5.41 Å². The summed E-state index contributed by atoms with van der Waals surface area (Å²) in [6.07, 6.45) is 0. The molecule has 0 aliphatic heterocycles. The Balaban J connectivity index is 1.35. The third kappa shape index (κ3) is 4.49. The van der Waals surface area contributed by atoms with Crippen molar-refractivity contribution in [3.63, 3.8) is 0 Å². The molecular formula is C43H34N2. The van der Waals surface area contributed by atoms with Crippen molar-refractivity contribution in [1.29, 1.82) is 0 Å². The summed E-state index contributed by atoms with van der Waals surface area (Å²) >= 11 is 0. The summed E-state index contributed by atoms with van der Waals surface area (Å²) in [5.41, 5.74) is 12.1. The minimum absolute atomic E-state index is 0.211. The van der Waals surface area contributed by atoms with E-state index in [1.165, 1.54) is 38.7 Å². The summed E-state index contributed by atoms with van der Waals surface area (Å²) in [6.45, 7) is 4.76. The van der Waals surface area contributed by atoms with Crippen LogP contribution in [-0.4, -0.2) is 0 Å². The first-order valence-electron chi connectivity index (χ1n) is 15.6. The Kier molecular flexibility index (Phi) is 6.50. The van der Waals surface area contributed by atoms with Crippen LogP contribution in [0.1, 0.15) is 25.0 Å². The van der Waals surface area contributed by atoms with Gasteiger partial charge in [0.15, 0.2) is 0 Å². The summed E-state index contributed by atoms with van der Waals surface area (Å²) in [4.78, 5) is 4.76. The highest BCUT2D eigenvalue weighted by molar-refractivity contribution is 6.10. The fourth-order valence-corrected chi connectivity index (χ4v) is 7.06. The normalized spacial score (nSPS) is 12.8. The molecule has 45 heavy (non-hydrogen) atoms. The zero-order valence-electron chi connectivity index (χ0n) is 25.6. The molecule has 2 heteroatoms. The average molecular weight is 579 g/mol. The molecule has 0 aromatic heterocycles. The Morgan fingerprint density at radius 1 is 0.378 bits per heavy atom. The van der Waals surface area contributed by atoms with Crippen molar-refractivity contribution in [1.82, 2.24) is 0 Å². The maximum absolute atomic E-state index is 2.45. The van der Waals surface area contributed by atoms with E-state index < -0.39 is 0 Å². The van der Waals surface area contributed by atoms with E-state index in [9.17, 15) is 0 Å². The zero-order valence-corrected chi connectivity index (χ0v) is 25.6. The Hall–Kier alpha value is -5.60. The van der Waals surface area contributed by atoms with Gasteiger partial charge in [-0.15, -0.1) is 0 Å². The largest absolute Gasteiger partial charge is 0.310 e. The number of nitrogens with zero attached hydrogens (tertiary/aromatic N) is 2. The molecule has 0 bridgehead atoms. The predicted molar refractivity (Wildman–Crippen MR) is 191 cm³/mol. The molecule has 1 aliphatic carbocycles. The predicted octanol–water partition coefficient (Wildman–Crippen LogP) is 12.1. The van der Waals surface area contributed by atoms with Crippen molar-refractivity contribution in [2.75, 3.05) is 9.80 Å². The first-order chi connectivity index (χ1) is 22.1. The summed E-state index contributed by atoms with van der Waals surface area (Å²) < 4.78 is 0. The van der Waals surface area contributed by atoms with Crippen molar-refractivity contribution >= 4 is 44.9 Å². The minimum Gasteiger partial charge on any atom is -0.310 e. The van der Waals surface area contributed by atoms with Gasteiger partial charge in [-0.05, 0) is 94.4 Å². The zero-order chi connectivity index (χ0) is 30.4. The van der Waals surface area contributed by atoms with E-state index in [0.717, 1.165) is 28.4 Å². The van der Waals surface area contributed by atoms with E-state index in [1.54, 1.807) is 0 Å². The van der Waals surface area contributed by atoms with Gasteiger partial charge in [-0.1, -0.05) is 117 Å². The molecule has 7 aromatic carbocycles. The second kappa shape index (κ2) is 10.8. The molecule has 216 valence electrons. The SMILES string of the molecule is CC1(C)c2cc(N(c3ccccc3)c3ccccc3)ccc2-c2c1cc(N(c1ccccc1)c1ccccc1)c1ccccc21. The lowest BCUT2D eigenvalue weighted by molar-refractivity contribution is 0.661. The number of anilines is 6. The molecule has 0 N–H and O–H groups in total. The van der Waals surface area contributed by atoms with Crippen molar-refractivity contribution in [3.8, 4) is 11.1 Å². The molecule has 0 heterocycles. The number of benzene rings is 7. The van der Waals surface area contributed by atoms with Crippen LogP contribution in [-0.2, 0) is 5.41 Å². The standard InChI is InChI=1S/C43H34N2/c1-43(2)39-29-35(44(31-17-7-3-8-18-31)32-19-9-4-10-20-32)27-28-38(39)42-37-26-16-15-25-36(37)41(30-40(42)43)45(33-21-11-5-12-22-33)34-23-13-6-14-24-34/h3-30H,1-2H3. The number of rotatable bonds is 6. The summed E-state index contributed by atoms with van der Waals surface area (Å²) in [5.74, 6) is 0. The Morgan fingerprint density at radius 2 is 0.822 bits per heavy atom. The van der Waals surface area contributed by atoms with Gasteiger partial charge in [-0.2, -0.15) is 0 Å². The lowest BCUT2D eigenvalue weighted by Crippen LogP contribution is -2.18. The monoisotopic (exact) mass is 578 g/mol. The van der Waals surface area contributed by atoms with Gasteiger partial charge in [0.05, 0.1) is 5.69 Å². The number of para-hydroxylation sites is 4.